The predicted molar refractivity (Wildman–Crippen MR) is 167 cm³/mol. The van der Waals surface area contributed by atoms with Crippen molar-refractivity contribution in [2.75, 3.05) is 11.5 Å². The van der Waals surface area contributed by atoms with Crippen molar-refractivity contribution in [1.29, 1.82) is 0 Å². The molecule has 1 fully saturated rings. The Morgan fingerprint density at radius 2 is 1.87 bits per heavy atom. The minimum atomic E-state index is -1.29. The van der Waals surface area contributed by atoms with E-state index in [1.807, 2.05) is 30.3 Å². The van der Waals surface area contributed by atoms with Crippen molar-refractivity contribution in [2.45, 2.75) is 26.5 Å². The molecule has 11 nitrogen and oxygen atoms in total. The van der Waals surface area contributed by atoms with Crippen LogP contribution in [-0.4, -0.2) is 39.3 Å². The highest BCUT2D eigenvalue weighted by Gasteiger charge is 2.48. The number of thiazole rings is 1. The van der Waals surface area contributed by atoms with Gasteiger partial charge in [0.25, 0.3) is 11.5 Å². The van der Waals surface area contributed by atoms with Crippen molar-refractivity contribution in [2.24, 2.45) is 0 Å². The summed E-state index contributed by atoms with van der Waals surface area (Å²) >= 11 is 0.826. The van der Waals surface area contributed by atoms with Crippen LogP contribution in [0.5, 0.6) is 5.75 Å². The van der Waals surface area contributed by atoms with Crippen LogP contribution in [0.25, 0.3) is 5.76 Å². The van der Waals surface area contributed by atoms with E-state index in [4.69, 9.17) is 9.47 Å². The molecule has 4 aromatic rings. The monoisotopic (exact) mass is 625 g/mol. The van der Waals surface area contributed by atoms with Crippen LogP contribution in [0.2, 0.25) is 0 Å². The number of anilines is 1. The smallest absolute Gasteiger partial charge is 0.350 e. The first-order chi connectivity index (χ1) is 21.6. The summed E-state index contributed by atoms with van der Waals surface area (Å²) < 4.78 is 11.1. The molecule has 0 spiro atoms. The van der Waals surface area contributed by atoms with Gasteiger partial charge >= 0.3 is 11.9 Å². The van der Waals surface area contributed by atoms with Crippen LogP contribution in [0, 0.1) is 24.0 Å². The first-order valence-corrected chi connectivity index (χ1v) is 14.5. The number of hydrogen-bond acceptors (Lipinski definition) is 10. The van der Waals surface area contributed by atoms with Crippen LogP contribution in [0.3, 0.4) is 0 Å². The Bertz CT molecular complexity index is 1860. The molecule has 3 aromatic carbocycles. The summed E-state index contributed by atoms with van der Waals surface area (Å²) in [6.07, 6.45) is 1.40. The van der Waals surface area contributed by atoms with Crippen LogP contribution < -0.4 is 9.64 Å². The largest absolute Gasteiger partial charge is 0.507 e. The van der Waals surface area contributed by atoms with E-state index in [9.17, 15) is 29.6 Å². The highest BCUT2D eigenvalue weighted by atomic mass is 32.1. The fourth-order valence-electron chi connectivity index (χ4n) is 4.88. The molecule has 0 bridgehead atoms. The molecule has 1 aliphatic heterocycles. The third-order valence-electron chi connectivity index (χ3n) is 7.04. The summed E-state index contributed by atoms with van der Waals surface area (Å²) in [4.78, 5) is 56.3. The van der Waals surface area contributed by atoms with Gasteiger partial charge in [0.1, 0.15) is 29.6 Å². The topological polar surface area (TPSA) is 149 Å². The number of Topliss-reactive ketones (excluding diaryl/α,β-unsaturated/α-hetero) is 1. The number of carbonyl (C=O) groups is 3. The standard InChI is InChI=1S/C33H27N3O8S/c1-4-15-43-32(40)30-20(3)34-33(45-30)35-27(22-11-8-12-24(17-22)36(41)42)26(29(38)31(35)39)28(37)23-13-14-25(19(2)16-23)44-18-21-9-6-5-7-10-21/h4-14,16-17,27,37H,1,15,18H2,2-3H3/b28-26+/t27-/m1/s1. The SMILES string of the molecule is C=CCOC(=O)c1sc(N2C(=O)C(=O)/C(=C(/O)c3ccc(OCc4ccccc4)c(C)c3)[C@H]2c2cccc([N+](=O)[O-])c2)nc1C. The molecule has 1 amide bonds. The molecule has 1 saturated heterocycles. The second-order valence-electron chi connectivity index (χ2n) is 10.1. The minimum absolute atomic E-state index is 0.0171. The van der Waals surface area contributed by atoms with Crippen molar-refractivity contribution in [3.05, 3.63) is 134 Å². The molecule has 228 valence electrons. The van der Waals surface area contributed by atoms with Gasteiger partial charge < -0.3 is 14.6 Å². The minimum Gasteiger partial charge on any atom is -0.507 e. The molecular weight excluding hydrogens is 598 g/mol. The number of aliphatic hydroxyl groups is 1. The van der Waals surface area contributed by atoms with E-state index in [-0.39, 0.29) is 44.7 Å². The Labute approximate surface area is 261 Å². The summed E-state index contributed by atoms with van der Waals surface area (Å²) in [6, 6.07) is 18.5. The molecule has 0 unspecified atom stereocenters. The molecule has 0 radical (unpaired) electrons. The number of rotatable bonds is 10. The first-order valence-electron chi connectivity index (χ1n) is 13.7. The lowest BCUT2D eigenvalue weighted by atomic mass is 9.94. The lowest BCUT2D eigenvalue weighted by Crippen LogP contribution is -2.29. The fourth-order valence-corrected chi connectivity index (χ4v) is 5.87. The summed E-state index contributed by atoms with van der Waals surface area (Å²) in [5, 5.41) is 23.2. The van der Waals surface area contributed by atoms with Crippen LogP contribution in [-0.2, 0) is 20.9 Å². The summed E-state index contributed by atoms with van der Waals surface area (Å²) in [5.74, 6) is -2.66. The van der Waals surface area contributed by atoms with E-state index in [1.54, 1.807) is 32.0 Å². The lowest BCUT2D eigenvalue weighted by Gasteiger charge is -2.23. The maximum absolute atomic E-state index is 13.6. The van der Waals surface area contributed by atoms with Gasteiger partial charge in [0.05, 0.1) is 22.2 Å². The average Bonchev–Trinajstić information content (AvgIpc) is 3.55. The highest BCUT2D eigenvalue weighted by molar-refractivity contribution is 7.17. The molecule has 1 N–H and O–H groups in total. The predicted octanol–water partition coefficient (Wildman–Crippen LogP) is 6.22. The maximum Gasteiger partial charge on any atom is 0.350 e. The van der Waals surface area contributed by atoms with E-state index >= 15 is 0 Å². The van der Waals surface area contributed by atoms with Gasteiger partial charge in [-0.2, -0.15) is 0 Å². The van der Waals surface area contributed by atoms with Crippen LogP contribution in [0.4, 0.5) is 10.8 Å². The van der Waals surface area contributed by atoms with Gasteiger partial charge in [0, 0.05) is 17.7 Å². The normalized spacial score (nSPS) is 15.6. The second-order valence-corrected chi connectivity index (χ2v) is 11.1. The maximum atomic E-state index is 13.6. The Kier molecular flexibility index (Phi) is 8.86. The number of non-ortho nitro benzene ring substituents is 1. The quantitative estimate of drug-likeness (QED) is 0.0412. The number of aryl methyl sites for hydroxylation is 2. The van der Waals surface area contributed by atoms with E-state index < -0.39 is 34.4 Å². The van der Waals surface area contributed by atoms with Crippen LogP contribution >= 0.6 is 11.3 Å². The van der Waals surface area contributed by atoms with Gasteiger partial charge in [0.2, 0.25) is 0 Å². The van der Waals surface area contributed by atoms with Crippen molar-refractivity contribution in [3.63, 3.8) is 0 Å². The Morgan fingerprint density at radius 3 is 2.56 bits per heavy atom. The number of nitro benzene ring substituents is 1. The van der Waals surface area contributed by atoms with Gasteiger partial charge in [-0.1, -0.05) is 66.5 Å². The lowest BCUT2D eigenvalue weighted by molar-refractivity contribution is -0.384. The van der Waals surface area contributed by atoms with Crippen LogP contribution in [0.1, 0.15) is 43.7 Å². The van der Waals surface area contributed by atoms with Crippen molar-refractivity contribution in [1.82, 2.24) is 4.98 Å². The van der Waals surface area contributed by atoms with Crippen molar-refractivity contribution in [3.8, 4) is 5.75 Å². The zero-order chi connectivity index (χ0) is 32.2. The van der Waals surface area contributed by atoms with E-state index in [0.29, 0.717) is 17.9 Å². The van der Waals surface area contributed by atoms with E-state index in [0.717, 1.165) is 21.8 Å². The van der Waals surface area contributed by atoms with E-state index in [2.05, 4.69) is 11.6 Å². The molecule has 1 aromatic heterocycles. The molecule has 1 aliphatic rings. The third-order valence-corrected chi connectivity index (χ3v) is 8.17. The van der Waals surface area contributed by atoms with Gasteiger partial charge in [-0.3, -0.25) is 24.6 Å². The Balaban J connectivity index is 1.59. The molecule has 45 heavy (non-hydrogen) atoms. The number of aromatic nitrogens is 1. The molecular formula is C33H27N3O8S. The number of ketones is 1. The van der Waals surface area contributed by atoms with Crippen molar-refractivity contribution >= 4 is 45.6 Å². The number of aliphatic hydroxyl groups excluding tert-OH is 1. The summed E-state index contributed by atoms with van der Waals surface area (Å²) in [5.41, 5.74) is 1.74. The molecule has 1 atom stereocenters. The number of carbonyl (C=O) groups excluding carboxylic acids is 3. The number of hydrogen-bond donors (Lipinski definition) is 1. The number of benzene rings is 3. The van der Waals surface area contributed by atoms with Crippen LogP contribution in [0.15, 0.2) is 91.0 Å². The second kappa shape index (κ2) is 12.9. The van der Waals surface area contributed by atoms with Gasteiger partial charge in [-0.15, -0.1) is 0 Å². The van der Waals surface area contributed by atoms with Gasteiger partial charge in [-0.25, -0.2) is 9.78 Å². The first kappa shape index (κ1) is 30.8. The number of esters is 1. The Hall–Kier alpha value is -5.62. The molecule has 2 heterocycles. The highest BCUT2D eigenvalue weighted by Crippen LogP contribution is 2.44. The van der Waals surface area contributed by atoms with Gasteiger partial charge in [0.15, 0.2) is 5.13 Å². The zero-order valence-corrected chi connectivity index (χ0v) is 25.1. The number of nitrogens with zero attached hydrogens (tertiary/aromatic N) is 3. The van der Waals surface area contributed by atoms with Crippen molar-refractivity contribution < 1.29 is 33.9 Å². The zero-order valence-electron chi connectivity index (χ0n) is 24.3. The number of ether oxygens (including phenoxy) is 2. The molecule has 0 saturated carbocycles. The molecule has 0 aliphatic carbocycles. The fraction of sp³-hybridized carbons (Fsp3) is 0.152. The molecule has 5 rings (SSSR count). The third kappa shape index (κ3) is 6.22. The number of nitro groups is 1. The van der Waals surface area contributed by atoms with Gasteiger partial charge in [-0.05, 0) is 48.7 Å². The molecule has 12 heteroatoms. The number of amides is 1. The average molecular weight is 626 g/mol. The van der Waals surface area contributed by atoms with E-state index in [1.165, 1.54) is 30.3 Å². The summed E-state index contributed by atoms with van der Waals surface area (Å²) in [6.45, 7) is 7.12. The summed E-state index contributed by atoms with van der Waals surface area (Å²) in [7, 11) is 0. The Morgan fingerprint density at radius 1 is 1.11 bits per heavy atom.